The molecule has 126 valence electrons. The van der Waals surface area contributed by atoms with Gasteiger partial charge in [-0.05, 0) is 49.2 Å². The van der Waals surface area contributed by atoms with E-state index in [9.17, 15) is 9.59 Å². The standard InChI is InChI=1S/C18H20N2O4/c1-12-3-5-15(24-12)10-20(2)18(22)11-23-14-6-7-16-13(9-14)4-8-17(21)19-16/h3,5-7,9H,4,8,10-11H2,1-2H3,(H,19,21). The average molecular weight is 328 g/mol. The van der Waals surface area contributed by atoms with Gasteiger partial charge >= 0.3 is 0 Å². The van der Waals surface area contributed by atoms with Gasteiger partial charge in [-0.1, -0.05) is 0 Å². The van der Waals surface area contributed by atoms with E-state index in [-0.39, 0.29) is 18.4 Å². The number of nitrogens with zero attached hydrogens (tertiary/aromatic N) is 1. The zero-order chi connectivity index (χ0) is 17.1. The molecule has 1 aliphatic rings. The van der Waals surface area contributed by atoms with Gasteiger partial charge in [0.15, 0.2) is 6.61 Å². The SMILES string of the molecule is Cc1ccc(CN(C)C(=O)COc2ccc3c(c2)CCC(=O)N3)o1. The molecule has 0 atom stereocenters. The fraction of sp³-hybridized carbons (Fsp3) is 0.333. The Morgan fingerprint density at radius 3 is 2.88 bits per heavy atom. The van der Waals surface area contributed by atoms with Crippen LogP contribution in [0.3, 0.4) is 0 Å². The highest BCUT2D eigenvalue weighted by molar-refractivity contribution is 5.94. The number of anilines is 1. The zero-order valence-corrected chi connectivity index (χ0v) is 13.8. The first-order chi connectivity index (χ1) is 11.5. The number of aryl methyl sites for hydroxylation is 2. The lowest BCUT2D eigenvalue weighted by molar-refractivity contribution is -0.132. The molecule has 24 heavy (non-hydrogen) atoms. The summed E-state index contributed by atoms with van der Waals surface area (Å²) in [6.45, 7) is 2.24. The number of carbonyl (C=O) groups is 2. The summed E-state index contributed by atoms with van der Waals surface area (Å²) in [5, 5.41) is 2.82. The average Bonchev–Trinajstić information content (AvgIpc) is 2.97. The molecule has 6 nitrogen and oxygen atoms in total. The first kappa shape index (κ1) is 16.1. The minimum Gasteiger partial charge on any atom is -0.484 e. The van der Waals surface area contributed by atoms with Crippen LogP contribution in [-0.4, -0.2) is 30.4 Å². The number of benzene rings is 1. The van der Waals surface area contributed by atoms with Crippen LogP contribution < -0.4 is 10.1 Å². The first-order valence-electron chi connectivity index (χ1n) is 7.86. The monoisotopic (exact) mass is 328 g/mol. The molecule has 1 aromatic carbocycles. The predicted octanol–water partition coefficient (Wildman–Crippen LogP) is 2.51. The lowest BCUT2D eigenvalue weighted by Crippen LogP contribution is -2.30. The Kier molecular flexibility index (Phi) is 4.55. The number of fused-ring (bicyclic) bond motifs is 1. The third-order valence-electron chi connectivity index (χ3n) is 3.95. The highest BCUT2D eigenvalue weighted by Crippen LogP contribution is 2.26. The summed E-state index contributed by atoms with van der Waals surface area (Å²) in [7, 11) is 1.71. The van der Waals surface area contributed by atoms with Gasteiger partial charge in [0.05, 0.1) is 6.54 Å². The highest BCUT2D eigenvalue weighted by Gasteiger charge is 2.16. The molecule has 6 heteroatoms. The molecule has 0 unspecified atom stereocenters. The summed E-state index contributed by atoms with van der Waals surface area (Å²) in [4.78, 5) is 25.1. The van der Waals surface area contributed by atoms with Gasteiger partial charge in [0, 0.05) is 19.2 Å². The minimum atomic E-state index is -0.130. The summed E-state index contributed by atoms with van der Waals surface area (Å²) in [6, 6.07) is 9.17. The van der Waals surface area contributed by atoms with Crippen molar-refractivity contribution < 1.29 is 18.7 Å². The van der Waals surface area contributed by atoms with E-state index < -0.39 is 0 Å². The van der Waals surface area contributed by atoms with Crippen LogP contribution in [0.4, 0.5) is 5.69 Å². The fourth-order valence-electron chi connectivity index (χ4n) is 2.60. The number of likely N-dealkylation sites (N-methyl/N-ethyl adjacent to an activating group) is 1. The van der Waals surface area contributed by atoms with E-state index in [0.717, 1.165) is 22.8 Å². The number of hydrogen-bond acceptors (Lipinski definition) is 4. The number of amides is 2. The molecule has 0 radical (unpaired) electrons. The molecule has 2 heterocycles. The van der Waals surface area contributed by atoms with E-state index in [1.54, 1.807) is 18.0 Å². The Balaban J connectivity index is 1.55. The lowest BCUT2D eigenvalue weighted by Gasteiger charge is -2.19. The molecule has 3 rings (SSSR count). The quantitative estimate of drug-likeness (QED) is 0.915. The van der Waals surface area contributed by atoms with Gasteiger partial charge in [0.25, 0.3) is 5.91 Å². The normalized spacial score (nSPS) is 13.2. The van der Waals surface area contributed by atoms with Crippen LogP contribution in [0.15, 0.2) is 34.7 Å². The van der Waals surface area contributed by atoms with E-state index in [1.807, 2.05) is 31.2 Å². The molecule has 1 N–H and O–H groups in total. The van der Waals surface area contributed by atoms with Gasteiger partial charge < -0.3 is 19.4 Å². The molecule has 0 bridgehead atoms. The van der Waals surface area contributed by atoms with Gasteiger partial charge in [-0.3, -0.25) is 9.59 Å². The van der Waals surface area contributed by atoms with Gasteiger partial charge in [0.1, 0.15) is 17.3 Å². The predicted molar refractivity (Wildman–Crippen MR) is 88.8 cm³/mol. The first-order valence-corrected chi connectivity index (χ1v) is 7.86. The van der Waals surface area contributed by atoms with Crippen molar-refractivity contribution in [2.75, 3.05) is 19.0 Å². The third kappa shape index (κ3) is 3.76. The van der Waals surface area contributed by atoms with Crippen molar-refractivity contribution in [1.29, 1.82) is 0 Å². The number of carbonyl (C=O) groups excluding carboxylic acids is 2. The molecular weight excluding hydrogens is 308 g/mol. The maximum Gasteiger partial charge on any atom is 0.260 e. The molecule has 0 saturated carbocycles. The second-order valence-electron chi connectivity index (χ2n) is 5.92. The second kappa shape index (κ2) is 6.78. The molecule has 1 aromatic heterocycles. The van der Waals surface area contributed by atoms with Crippen LogP contribution >= 0.6 is 0 Å². The van der Waals surface area contributed by atoms with Crippen molar-refractivity contribution >= 4 is 17.5 Å². The topological polar surface area (TPSA) is 71.8 Å². The van der Waals surface area contributed by atoms with Crippen molar-refractivity contribution in [2.45, 2.75) is 26.3 Å². The summed E-state index contributed by atoms with van der Waals surface area (Å²) in [5.74, 6) is 2.09. The highest BCUT2D eigenvalue weighted by atomic mass is 16.5. The van der Waals surface area contributed by atoms with Crippen LogP contribution in [0, 0.1) is 6.92 Å². The van der Waals surface area contributed by atoms with Crippen LogP contribution in [0.1, 0.15) is 23.5 Å². The van der Waals surface area contributed by atoms with Crippen LogP contribution in [0.5, 0.6) is 5.75 Å². The molecule has 2 aromatic rings. The molecule has 1 aliphatic heterocycles. The molecule has 0 fully saturated rings. The molecule has 0 saturated heterocycles. The van der Waals surface area contributed by atoms with Crippen molar-refractivity contribution in [3.8, 4) is 5.75 Å². The third-order valence-corrected chi connectivity index (χ3v) is 3.95. The van der Waals surface area contributed by atoms with Gasteiger partial charge in [0.2, 0.25) is 5.91 Å². The zero-order valence-electron chi connectivity index (χ0n) is 13.8. The van der Waals surface area contributed by atoms with E-state index in [0.29, 0.717) is 25.1 Å². The van der Waals surface area contributed by atoms with Gasteiger partial charge in [-0.15, -0.1) is 0 Å². The maximum absolute atomic E-state index is 12.2. The van der Waals surface area contributed by atoms with Crippen molar-refractivity contribution in [3.63, 3.8) is 0 Å². The molecule has 2 amide bonds. The Morgan fingerprint density at radius 2 is 2.12 bits per heavy atom. The van der Waals surface area contributed by atoms with Crippen molar-refractivity contribution in [2.24, 2.45) is 0 Å². The molecular formula is C18H20N2O4. The number of nitrogens with one attached hydrogen (secondary N) is 1. The maximum atomic E-state index is 12.2. The van der Waals surface area contributed by atoms with Gasteiger partial charge in [-0.25, -0.2) is 0 Å². The number of furan rings is 1. The minimum absolute atomic E-state index is 0.0288. The largest absolute Gasteiger partial charge is 0.484 e. The van der Waals surface area contributed by atoms with Crippen molar-refractivity contribution in [1.82, 2.24) is 4.90 Å². The fourth-order valence-corrected chi connectivity index (χ4v) is 2.60. The van der Waals surface area contributed by atoms with E-state index >= 15 is 0 Å². The van der Waals surface area contributed by atoms with Crippen LogP contribution in [0.2, 0.25) is 0 Å². The summed E-state index contributed by atoms with van der Waals surface area (Å²) in [6.07, 6.45) is 1.16. The van der Waals surface area contributed by atoms with Crippen LogP contribution in [0.25, 0.3) is 0 Å². The molecule has 0 aliphatic carbocycles. The molecule has 0 spiro atoms. The Labute approximate surface area is 140 Å². The van der Waals surface area contributed by atoms with Crippen LogP contribution in [-0.2, 0) is 22.6 Å². The summed E-state index contributed by atoms with van der Waals surface area (Å²) >= 11 is 0. The summed E-state index contributed by atoms with van der Waals surface area (Å²) in [5.41, 5.74) is 1.84. The Morgan fingerprint density at radius 1 is 1.29 bits per heavy atom. The number of rotatable bonds is 5. The number of hydrogen-bond donors (Lipinski definition) is 1. The Bertz CT molecular complexity index is 766. The van der Waals surface area contributed by atoms with E-state index in [4.69, 9.17) is 9.15 Å². The van der Waals surface area contributed by atoms with Crippen molar-refractivity contribution in [3.05, 3.63) is 47.4 Å². The number of ether oxygens (including phenoxy) is 1. The Hall–Kier alpha value is -2.76. The van der Waals surface area contributed by atoms with E-state index in [2.05, 4.69) is 5.32 Å². The smallest absolute Gasteiger partial charge is 0.260 e. The summed E-state index contributed by atoms with van der Waals surface area (Å²) < 4.78 is 11.1. The van der Waals surface area contributed by atoms with E-state index in [1.165, 1.54) is 0 Å². The van der Waals surface area contributed by atoms with Gasteiger partial charge in [-0.2, -0.15) is 0 Å². The second-order valence-corrected chi connectivity index (χ2v) is 5.92. The lowest BCUT2D eigenvalue weighted by atomic mass is 10.0.